The summed E-state index contributed by atoms with van der Waals surface area (Å²) in [6, 6.07) is 11.4. The summed E-state index contributed by atoms with van der Waals surface area (Å²) in [6.45, 7) is 0. The van der Waals surface area contributed by atoms with Crippen molar-refractivity contribution in [3.8, 4) is 0 Å². The number of nitrogens with zero attached hydrogens (tertiary/aromatic N) is 3. The summed E-state index contributed by atoms with van der Waals surface area (Å²) in [5.74, 6) is 0.960. The van der Waals surface area contributed by atoms with Crippen molar-refractivity contribution in [3.05, 3.63) is 70.6 Å². The molecule has 1 N–H and O–H groups in total. The van der Waals surface area contributed by atoms with E-state index in [0.717, 1.165) is 22.8 Å². The molecule has 2 atom stereocenters. The molecule has 2 unspecified atom stereocenters. The van der Waals surface area contributed by atoms with Gasteiger partial charge in [-0.25, -0.2) is 9.98 Å². The molecule has 2 aliphatic rings. The first kappa shape index (κ1) is 13.5. The predicted octanol–water partition coefficient (Wildman–Crippen LogP) is 3.53. The summed E-state index contributed by atoms with van der Waals surface area (Å²) in [6.07, 6.45) is 5.68. The summed E-state index contributed by atoms with van der Waals surface area (Å²) in [5, 5.41) is 11.2. The SMILES string of the molecule is OC(CC1C=C2N=CN=C2n2cccc21)c1ccc(Cl)cc1. The van der Waals surface area contributed by atoms with Gasteiger partial charge in [0.2, 0.25) is 0 Å². The van der Waals surface area contributed by atoms with Crippen LogP contribution in [0.2, 0.25) is 5.02 Å². The van der Waals surface area contributed by atoms with Gasteiger partial charge in [0, 0.05) is 22.8 Å². The van der Waals surface area contributed by atoms with Crippen LogP contribution in [0.1, 0.15) is 29.7 Å². The van der Waals surface area contributed by atoms with Crippen LogP contribution in [0.3, 0.4) is 0 Å². The Morgan fingerprint density at radius 3 is 2.86 bits per heavy atom. The van der Waals surface area contributed by atoms with Crippen molar-refractivity contribution in [1.29, 1.82) is 0 Å². The third kappa shape index (κ3) is 2.21. The molecular formula is C17H14ClN3O. The topological polar surface area (TPSA) is 49.9 Å². The zero-order valence-corrected chi connectivity index (χ0v) is 12.5. The highest BCUT2D eigenvalue weighted by Crippen LogP contribution is 2.35. The van der Waals surface area contributed by atoms with Crippen molar-refractivity contribution in [2.75, 3.05) is 0 Å². The fourth-order valence-electron chi connectivity index (χ4n) is 2.99. The molecule has 0 aliphatic carbocycles. The van der Waals surface area contributed by atoms with E-state index in [1.807, 2.05) is 29.0 Å². The van der Waals surface area contributed by atoms with Crippen molar-refractivity contribution in [2.45, 2.75) is 18.4 Å². The molecule has 3 heterocycles. The van der Waals surface area contributed by atoms with E-state index in [2.05, 4.69) is 22.1 Å². The molecule has 2 aromatic rings. The van der Waals surface area contributed by atoms with Crippen LogP contribution in [0, 0.1) is 0 Å². The molecule has 0 amide bonds. The summed E-state index contributed by atoms with van der Waals surface area (Å²) in [7, 11) is 0. The number of allylic oxidation sites excluding steroid dienone is 2. The summed E-state index contributed by atoms with van der Waals surface area (Å²) >= 11 is 5.90. The average Bonchev–Trinajstić information content (AvgIpc) is 3.16. The van der Waals surface area contributed by atoms with Crippen molar-refractivity contribution in [1.82, 2.24) is 4.57 Å². The first-order valence-electron chi connectivity index (χ1n) is 7.16. The van der Waals surface area contributed by atoms with E-state index in [-0.39, 0.29) is 5.92 Å². The van der Waals surface area contributed by atoms with Gasteiger partial charge in [0.1, 0.15) is 12.0 Å². The van der Waals surface area contributed by atoms with Crippen molar-refractivity contribution in [2.24, 2.45) is 9.98 Å². The molecule has 4 rings (SSSR count). The maximum atomic E-state index is 10.5. The highest BCUT2D eigenvalue weighted by atomic mass is 35.5. The monoisotopic (exact) mass is 311 g/mol. The minimum absolute atomic E-state index is 0.102. The Bertz CT molecular complexity index is 802. The Hall–Kier alpha value is -2.17. The standard InChI is InChI=1S/C17H14ClN3O/c18-13-5-3-11(4-6-13)16(22)9-12-8-14-17(20-10-19-14)21-7-1-2-15(12)21/h1-8,10,12,16,22H,9H2. The third-order valence-electron chi connectivity index (χ3n) is 4.09. The van der Waals surface area contributed by atoms with Crippen LogP contribution in [0.25, 0.3) is 0 Å². The molecule has 0 saturated carbocycles. The van der Waals surface area contributed by atoms with Gasteiger partial charge >= 0.3 is 0 Å². The Morgan fingerprint density at radius 2 is 2.05 bits per heavy atom. The number of hydrogen-bond donors (Lipinski definition) is 1. The average molecular weight is 312 g/mol. The highest BCUT2D eigenvalue weighted by molar-refractivity contribution is 6.30. The van der Waals surface area contributed by atoms with Crippen molar-refractivity contribution >= 4 is 23.8 Å². The van der Waals surface area contributed by atoms with Gasteiger partial charge in [0.15, 0.2) is 5.84 Å². The van der Waals surface area contributed by atoms with Gasteiger partial charge in [0.05, 0.1) is 6.10 Å². The fourth-order valence-corrected chi connectivity index (χ4v) is 3.11. The normalized spacial score (nSPS) is 20.2. The summed E-state index contributed by atoms with van der Waals surface area (Å²) in [4.78, 5) is 8.59. The molecule has 0 saturated heterocycles. The number of aliphatic hydroxyl groups excluding tert-OH is 1. The molecular weight excluding hydrogens is 298 g/mol. The van der Waals surface area contributed by atoms with Gasteiger partial charge in [-0.2, -0.15) is 0 Å². The van der Waals surface area contributed by atoms with Crippen LogP contribution in [-0.2, 0) is 0 Å². The largest absolute Gasteiger partial charge is 0.388 e. The van der Waals surface area contributed by atoms with Gasteiger partial charge in [-0.05, 0) is 42.3 Å². The zero-order valence-electron chi connectivity index (χ0n) is 11.7. The number of rotatable bonds is 3. The lowest BCUT2D eigenvalue weighted by Gasteiger charge is -2.24. The first-order chi connectivity index (χ1) is 10.7. The number of hydrogen-bond acceptors (Lipinski definition) is 3. The molecule has 2 aliphatic heterocycles. The van der Waals surface area contributed by atoms with Crippen LogP contribution in [0.15, 0.2) is 64.4 Å². The molecule has 22 heavy (non-hydrogen) atoms. The zero-order chi connectivity index (χ0) is 15.1. The molecule has 1 aromatic carbocycles. The summed E-state index contributed by atoms with van der Waals surface area (Å²) < 4.78 is 2.04. The lowest BCUT2D eigenvalue weighted by molar-refractivity contribution is 0.162. The number of aromatic nitrogens is 1. The number of aliphatic hydroxyl groups is 1. The molecule has 4 nitrogen and oxygen atoms in total. The minimum atomic E-state index is -0.550. The first-order valence-corrected chi connectivity index (χ1v) is 7.54. The maximum absolute atomic E-state index is 10.5. The van der Waals surface area contributed by atoms with E-state index in [9.17, 15) is 5.11 Å². The quantitative estimate of drug-likeness (QED) is 0.926. The van der Waals surface area contributed by atoms with Crippen LogP contribution in [0.5, 0.6) is 0 Å². The lowest BCUT2D eigenvalue weighted by atomic mass is 9.91. The Balaban J connectivity index is 1.63. The Kier molecular flexibility index (Phi) is 3.21. The second-order valence-electron chi connectivity index (χ2n) is 5.46. The maximum Gasteiger partial charge on any atom is 0.164 e. The number of aliphatic imine (C=N–C) groups is 2. The van der Waals surface area contributed by atoms with Crippen molar-refractivity contribution in [3.63, 3.8) is 0 Å². The number of fused-ring (bicyclic) bond motifs is 3. The second-order valence-corrected chi connectivity index (χ2v) is 5.90. The number of benzene rings is 1. The highest BCUT2D eigenvalue weighted by Gasteiger charge is 2.27. The second kappa shape index (κ2) is 5.23. The Labute approximate surface area is 133 Å². The molecule has 0 fully saturated rings. The summed E-state index contributed by atoms with van der Waals surface area (Å²) in [5.41, 5.74) is 2.87. The van der Waals surface area contributed by atoms with E-state index in [1.165, 1.54) is 0 Å². The van der Waals surface area contributed by atoms with Gasteiger partial charge in [-0.3, -0.25) is 0 Å². The molecule has 5 heteroatoms. The minimum Gasteiger partial charge on any atom is -0.388 e. The van der Waals surface area contributed by atoms with E-state index in [0.29, 0.717) is 11.4 Å². The molecule has 0 spiro atoms. The smallest absolute Gasteiger partial charge is 0.164 e. The van der Waals surface area contributed by atoms with E-state index >= 15 is 0 Å². The van der Waals surface area contributed by atoms with E-state index in [1.54, 1.807) is 18.5 Å². The van der Waals surface area contributed by atoms with E-state index in [4.69, 9.17) is 11.6 Å². The molecule has 1 aromatic heterocycles. The Morgan fingerprint density at radius 1 is 1.23 bits per heavy atom. The number of halogens is 1. The van der Waals surface area contributed by atoms with Gasteiger partial charge in [0.25, 0.3) is 0 Å². The van der Waals surface area contributed by atoms with Gasteiger partial charge in [-0.15, -0.1) is 0 Å². The van der Waals surface area contributed by atoms with Crippen LogP contribution in [0.4, 0.5) is 0 Å². The van der Waals surface area contributed by atoms with E-state index < -0.39 is 6.10 Å². The van der Waals surface area contributed by atoms with Crippen LogP contribution >= 0.6 is 11.6 Å². The molecule has 0 bridgehead atoms. The molecule has 110 valence electrons. The van der Waals surface area contributed by atoms with Gasteiger partial charge < -0.3 is 9.67 Å². The third-order valence-corrected chi connectivity index (χ3v) is 4.34. The lowest BCUT2D eigenvalue weighted by Crippen LogP contribution is -2.21. The van der Waals surface area contributed by atoms with Crippen molar-refractivity contribution < 1.29 is 5.11 Å². The fraction of sp³-hybridized carbons (Fsp3) is 0.176. The van der Waals surface area contributed by atoms with Crippen LogP contribution in [-0.4, -0.2) is 21.8 Å². The predicted molar refractivity (Wildman–Crippen MR) is 87.6 cm³/mol. The molecule has 0 radical (unpaired) electrons. The van der Waals surface area contributed by atoms with Gasteiger partial charge in [-0.1, -0.05) is 23.7 Å². The van der Waals surface area contributed by atoms with Crippen LogP contribution < -0.4 is 0 Å².